The maximum absolute atomic E-state index is 12.8. The molecule has 0 rings (SSSR count). The van der Waals surface area contributed by atoms with Gasteiger partial charge >= 0.3 is 17.9 Å². The van der Waals surface area contributed by atoms with Crippen LogP contribution in [0.5, 0.6) is 0 Å². The van der Waals surface area contributed by atoms with Crippen molar-refractivity contribution in [1.82, 2.24) is 0 Å². The highest BCUT2D eigenvalue weighted by Crippen LogP contribution is 2.15. The molecule has 466 valence electrons. The quantitative estimate of drug-likeness (QED) is 0.0261. The van der Waals surface area contributed by atoms with E-state index in [0.29, 0.717) is 19.3 Å². The van der Waals surface area contributed by atoms with E-state index in [0.717, 1.165) is 173 Å². The number of allylic oxidation sites excluding steroid dienone is 28. The van der Waals surface area contributed by atoms with Crippen LogP contribution in [0.15, 0.2) is 170 Å². The fourth-order valence-electron chi connectivity index (χ4n) is 8.76. The van der Waals surface area contributed by atoms with Crippen LogP contribution in [0.3, 0.4) is 0 Å². The second-order valence-electron chi connectivity index (χ2n) is 21.6. The highest BCUT2D eigenvalue weighted by atomic mass is 16.6. The summed E-state index contributed by atoms with van der Waals surface area (Å²) < 4.78 is 16.8. The number of carbonyl (C=O) groups excluding carboxylic acids is 3. The van der Waals surface area contributed by atoms with Gasteiger partial charge in [-0.15, -0.1) is 0 Å². The van der Waals surface area contributed by atoms with E-state index in [1.807, 2.05) is 0 Å². The zero-order valence-electron chi connectivity index (χ0n) is 53.4. The number of carbonyl (C=O) groups is 3. The second kappa shape index (κ2) is 69.3. The Labute approximate surface area is 511 Å². The molecular weight excluding hydrogens is 1020 g/mol. The standard InChI is InChI=1S/C77H122O6/c1-4-7-10-13-15-17-19-21-23-25-27-29-31-33-35-37-38-40-41-43-45-47-49-51-53-55-57-59-61-64-67-70-76(79)82-73-74(72-81-75(78)69-66-63-12-9-6-3)83-77(80)71-68-65-62-60-58-56-54-52-50-48-46-44-42-39-36-34-32-30-28-26-24-22-20-18-16-14-11-8-5-2/h7-8,10-11,15-18,21-24,27-30,33-36,38,40,42,44,48,50,54,56,74H,4-6,9,12-14,19-20,25-26,31-32,37,39,41,43,45-47,49,51-53,55,57-73H2,1-3H3/b10-7-,11-8-,17-15-,18-16-,23-21-,24-22-,29-27-,30-28-,35-33-,36-34-,40-38-,44-42-,50-48-,56-54-. The first kappa shape index (κ1) is 77.8. The maximum atomic E-state index is 12.8. The third-order valence-corrected chi connectivity index (χ3v) is 13.7. The van der Waals surface area contributed by atoms with Gasteiger partial charge < -0.3 is 14.2 Å². The van der Waals surface area contributed by atoms with Crippen LogP contribution in [0.25, 0.3) is 0 Å². The third kappa shape index (κ3) is 67.4. The highest BCUT2D eigenvalue weighted by Gasteiger charge is 2.19. The predicted molar refractivity (Wildman–Crippen MR) is 361 cm³/mol. The summed E-state index contributed by atoms with van der Waals surface area (Å²) in [5, 5.41) is 0. The molecule has 0 heterocycles. The number of hydrogen-bond donors (Lipinski definition) is 0. The normalized spacial score (nSPS) is 13.2. The maximum Gasteiger partial charge on any atom is 0.306 e. The molecule has 0 aliphatic carbocycles. The number of rotatable bonds is 59. The Balaban J connectivity index is 4.12. The van der Waals surface area contributed by atoms with E-state index in [9.17, 15) is 14.4 Å². The van der Waals surface area contributed by atoms with Crippen molar-refractivity contribution in [3.63, 3.8) is 0 Å². The van der Waals surface area contributed by atoms with E-state index in [4.69, 9.17) is 14.2 Å². The van der Waals surface area contributed by atoms with E-state index in [2.05, 4.69) is 191 Å². The Bertz CT molecular complexity index is 1890. The molecule has 0 aliphatic rings. The van der Waals surface area contributed by atoms with Crippen LogP contribution in [0.2, 0.25) is 0 Å². The number of ether oxygens (including phenoxy) is 3. The molecule has 0 amide bonds. The fourth-order valence-corrected chi connectivity index (χ4v) is 8.76. The summed E-state index contributed by atoms with van der Waals surface area (Å²) in [6.07, 6.45) is 103. The van der Waals surface area contributed by atoms with Crippen LogP contribution >= 0.6 is 0 Å². The van der Waals surface area contributed by atoms with Crippen LogP contribution in [-0.2, 0) is 28.6 Å². The first-order valence-corrected chi connectivity index (χ1v) is 33.6. The molecule has 1 unspecified atom stereocenters. The summed E-state index contributed by atoms with van der Waals surface area (Å²) >= 11 is 0. The molecule has 0 aliphatic heterocycles. The Morgan fingerprint density at radius 3 is 0.735 bits per heavy atom. The van der Waals surface area contributed by atoms with Crippen molar-refractivity contribution in [2.24, 2.45) is 0 Å². The molecule has 0 saturated heterocycles. The Morgan fingerprint density at radius 2 is 0.470 bits per heavy atom. The molecule has 0 fully saturated rings. The zero-order chi connectivity index (χ0) is 59.9. The summed E-state index contributed by atoms with van der Waals surface area (Å²) in [4.78, 5) is 38.0. The van der Waals surface area contributed by atoms with Gasteiger partial charge in [0.1, 0.15) is 13.2 Å². The molecule has 6 heteroatoms. The fraction of sp³-hybridized carbons (Fsp3) is 0.597. The van der Waals surface area contributed by atoms with E-state index in [-0.39, 0.29) is 31.1 Å². The van der Waals surface area contributed by atoms with E-state index in [1.165, 1.54) is 64.2 Å². The van der Waals surface area contributed by atoms with E-state index < -0.39 is 6.10 Å². The summed E-state index contributed by atoms with van der Waals surface area (Å²) in [7, 11) is 0. The average Bonchev–Trinajstić information content (AvgIpc) is 3.48. The van der Waals surface area contributed by atoms with Gasteiger partial charge in [0, 0.05) is 19.3 Å². The minimum atomic E-state index is -0.798. The first-order valence-electron chi connectivity index (χ1n) is 33.6. The molecule has 0 aromatic heterocycles. The summed E-state index contributed by atoms with van der Waals surface area (Å²) in [6.45, 7) is 6.30. The van der Waals surface area contributed by atoms with Crippen molar-refractivity contribution >= 4 is 17.9 Å². The average molecular weight is 1140 g/mol. The molecule has 0 aromatic carbocycles. The predicted octanol–water partition coefficient (Wildman–Crippen LogP) is 23.4. The molecule has 0 aromatic rings. The lowest BCUT2D eigenvalue weighted by Gasteiger charge is -2.18. The van der Waals surface area contributed by atoms with Gasteiger partial charge in [0.15, 0.2) is 6.10 Å². The van der Waals surface area contributed by atoms with Gasteiger partial charge in [0.05, 0.1) is 0 Å². The van der Waals surface area contributed by atoms with Gasteiger partial charge in [-0.1, -0.05) is 294 Å². The van der Waals surface area contributed by atoms with Crippen LogP contribution in [-0.4, -0.2) is 37.2 Å². The summed E-state index contributed by atoms with van der Waals surface area (Å²) in [5.41, 5.74) is 0. The Hall–Kier alpha value is -5.23. The monoisotopic (exact) mass is 1140 g/mol. The SMILES string of the molecule is CC/C=C\C/C=C\C/C=C\C/C=C\C/C=C\C/C=C\C/C=C\C/C=C\CCCCCCC(=O)OC(COC(=O)CCCCCCC)COC(=O)CCCCCCCCCCCCCC/C=C\C/C=C\C/C=C\C/C=C\C/C=C\C/C=C\CC. The minimum Gasteiger partial charge on any atom is -0.462 e. The minimum absolute atomic E-state index is 0.0953. The topological polar surface area (TPSA) is 78.9 Å². The van der Waals surface area contributed by atoms with Gasteiger partial charge in [0.25, 0.3) is 0 Å². The molecule has 0 radical (unpaired) electrons. The van der Waals surface area contributed by atoms with Crippen LogP contribution in [0.4, 0.5) is 0 Å². The molecule has 0 spiro atoms. The van der Waals surface area contributed by atoms with Crippen LogP contribution in [0, 0.1) is 0 Å². The smallest absolute Gasteiger partial charge is 0.306 e. The zero-order valence-corrected chi connectivity index (χ0v) is 53.4. The van der Waals surface area contributed by atoms with Gasteiger partial charge in [-0.3, -0.25) is 14.4 Å². The third-order valence-electron chi connectivity index (χ3n) is 13.7. The lowest BCUT2D eigenvalue weighted by atomic mass is 10.0. The lowest BCUT2D eigenvalue weighted by Crippen LogP contribution is -2.30. The number of esters is 3. The van der Waals surface area contributed by atoms with Gasteiger partial charge in [-0.05, 0) is 135 Å². The summed E-state index contributed by atoms with van der Waals surface area (Å²) in [5.74, 6) is -0.940. The largest absolute Gasteiger partial charge is 0.462 e. The van der Waals surface area contributed by atoms with Gasteiger partial charge in [0.2, 0.25) is 0 Å². The van der Waals surface area contributed by atoms with Crippen LogP contribution in [0.1, 0.15) is 278 Å². The van der Waals surface area contributed by atoms with Crippen molar-refractivity contribution in [2.75, 3.05) is 13.2 Å². The van der Waals surface area contributed by atoms with E-state index >= 15 is 0 Å². The Morgan fingerprint density at radius 1 is 0.253 bits per heavy atom. The summed E-state index contributed by atoms with van der Waals surface area (Å²) in [6, 6.07) is 0. The highest BCUT2D eigenvalue weighted by molar-refractivity contribution is 5.71. The Kier molecular flexibility index (Phi) is 64.9. The molecule has 6 nitrogen and oxygen atoms in total. The first-order chi connectivity index (χ1) is 41.0. The molecule has 0 bridgehead atoms. The van der Waals surface area contributed by atoms with Crippen molar-refractivity contribution in [3.05, 3.63) is 170 Å². The molecule has 0 N–H and O–H groups in total. The number of unbranched alkanes of at least 4 members (excludes halogenated alkanes) is 20. The van der Waals surface area contributed by atoms with Gasteiger partial charge in [-0.25, -0.2) is 0 Å². The second-order valence-corrected chi connectivity index (χ2v) is 21.6. The van der Waals surface area contributed by atoms with Crippen molar-refractivity contribution < 1.29 is 28.6 Å². The molecule has 1 atom stereocenters. The molecular formula is C77H122O6. The number of hydrogen-bond acceptors (Lipinski definition) is 6. The van der Waals surface area contributed by atoms with Crippen molar-refractivity contribution in [3.8, 4) is 0 Å². The van der Waals surface area contributed by atoms with E-state index in [1.54, 1.807) is 0 Å². The molecule has 0 saturated carbocycles. The molecule has 83 heavy (non-hydrogen) atoms. The van der Waals surface area contributed by atoms with Gasteiger partial charge in [-0.2, -0.15) is 0 Å². The van der Waals surface area contributed by atoms with Crippen LogP contribution < -0.4 is 0 Å². The van der Waals surface area contributed by atoms with Crippen molar-refractivity contribution in [1.29, 1.82) is 0 Å². The lowest BCUT2D eigenvalue weighted by molar-refractivity contribution is -0.167. The van der Waals surface area contributed by atoms with Crippen molar-refractivity contribution in [2.45, 2.75) is 284 Å².